The predicted octanol–water partition coefficient (Wildman–Crippen LogP) is 10.6. The number of fused-ring (bicyclic) bond motifs is 6. The number of nitrogens with zero attached hydrogens (tertiary/aromatic N) is 4. The highest BCUT2D eigenvalue weighted by Gasteiger charge is 2.19. The first-order valence-corrected chi connectivity index (χ1v) is 15.5. The van der Waals surface area contributed by atoms with Crippen LogP contribution in [0.15, 0.2) is 148 Å². The van der Waals surface area contributed by atoms with Crippen molar-refractivity contribution in [2.24, 2.45) is 0 Å². The van der Waals surface area contributed by atoms with E-state index in [1.807, 2.05) is 60.7 Å². The van der Waals surface area contributed by atoms with Gasteiger partial charge >= 0.3 is 0 Å². The van der Waals surface area contributed by atoms with E-state index in [1.54, 1.807) is 0 Å². The first-order chi connectivity index (χ1) is 22.2. The number of halogens is 1. The van der Waals surface area contributed by atoms with Gasteiger partial charge in [-0.2, -0.15) is 0 Å². The number of aromatic nitrogens is 4. The highest BCUT2D eigenvalue weighted by molar-refractivity contribution is 9.10. The zero-order valence-electron chi connectivity index (χ0n) is 23.9. The molecule has 0 amide bonds. The molecule has 9 aromatic rings. The van der Waals surface area contributed by atoms with Gasteiger partial charge in [0, 0.05) is 48.4 Å². The van der Waals surface area contributed by atoms with Crippen LogP contribution in [0.1, 0.15) is 0 Å². The van der Waals surface area contributed by atoms with Gasteiger partial charge in [0.25, 0.3) is 0 Å². The molecule has 3 aromatic heterocycles. The Balaban J connectivity index is 1.30. The lowest BCUT2D eigenvalue weighted by Gasteiger charge is -2.13. The van der Waals surface area contributed by atoms with Crippen LogP contribution in [0.4, 0.5) is 0 Å². The second-order valence-electron chi connectivity index (χ2n) is 11.0. The first-order valence-electron chi connectivity index (χ1n) is 14.7. The van der Waals surface area contributed by atoms with E-state index in [2.05, 4.69) is 99.4 Å². The van der Waals surface area contributed by atoms with Gasteiger partial charge in [0.2, 0.25) is 0 Å². The molecule has 6 heteroatoms. The highest BCUT2D eigenvalue weighted by atomic mass is 79.9. The molecule has 5 nitrogen and oxygen atoms in total. The van der Waals surface area contributed by atoms with Crippen LogP contribution in [0.25, 0.3) is 83.6 Å². The summed E-state index contributed by atoms with van der Waals surface area (Å²) in [4.78, 5) is 15.2. The summed E-state index contributed by atoms with van der Waals surface area (Å²) in [5, 5.41) is 4.44. The third-order valence-corrected chi connectivity index (χ3v) is 8.75. The average molecular weight is 644 g/mol. The molecule has 0 aliphatic heterocycles. The van der Waals surface area contributed by atoms with E-state index < -0.39 is 0 Å². The molecule has 0 saturated carbocycles. The number of benzene rings is 6. The normalized spacial score (nSPS) is 11.7. The second-order valence-corrected chi connectivity index (χ2v) is 11.9. The van der Waals surface area contributed by atoms with Crippen LogP contribution < -0.4 is 0 Å². The third-order valence-electron chi connectivity index (χ3n) is 8.29. The predicted molar refractivity (Wildman–Crippen MR) is 185 cm³/mol. The molecule has 3 heterocycles. The fraction of sp³-hybridized carbons (Fsp3) is 0. The Kier molecular flexibility index (Phi) is 5.89. The first kappa shape index (κ1) is 25.9. The van der Waals surface area contributed by atoms with E-state index >= 15 is 0 Å². The third kappa shape index (κ3) is 4.25. The molecule has 6 aromatic carbocycles. The molecule has 0 aliphatic rings. The Bertz CT molecular complexity index is 2510. The molecule has 0 unspecified atom stereocenters. The van der Waals surface area contributed by atoms with E-state index in [9.17, 15) is 0 Å². The summed E-state index contributed by atoms with van der Waals surface area (Å²) in [5.74, 6) is 1.79. The lowest BCUT2D eigenvalue weighted by atomic mass is 10.1. The zero-order chi connectivity index (χ0) is 29.9. The SMILES string of the molecule is Brc1cc(-c2nc(-c3ccccc3)nc(-c3cccc4oc5ccccc5c34)n2)cc(-n2c3ccccc3c3ccccc32)c1. The van der Waals surface area contributed by atoms with Gasteiger partial charge in [-0.1, -0.05) is 113 Å². The summed E-state index contributed by atoms with van der Waals surface area (Å²) in [6.07, 6.45) is 0. The summed E-state index contributed by atoms with van der Waals surface area (Å²) in [6.45, 7) is 0. The maximum absolute atomic E-state index is 6.21. The molecule has 212 valence electrons. The minimum Gasteiger partial charge on any atom is -0.456 e. The zero-order valence-corrected chi connectivity index (χ0v) is 25.4. The summed E-state index contributed by atoms with van der Waals surface area (Å²) in [6, 6.07) is 47.6. The van der Waals surface area contributed by atoms with Crippen molar-refractivity contribution in [3.05, 3.63) is 144 Å². The van der Waals surface area contributed by atoms with Gasteiger partial charge in [0.15, 0.2) is 17.5 Å². The molecule has 0 aliphatic carbocycles. The van der Waals surface area contributed by atoms with Crippen molar-refractivity contribution in [1.82, 2.24) is 19.5 Å². The van der Waals surface area contributed by atoms with Crippen LogP contribution in [0.3, 0.4) is 0 Å². The average Bonchev–Trinajstić information content (AvgIpc) is 3.64. The monoisotopic (exact) mass is 642 g/mol. The molecular formula is C39H23BrN4O. The van der Waals surface area contributed by atoms with Crippen molar-refractivity contribution in [3.8, 4) is 39.9 Å². The largest absolute Gasteiger partial charge is 0.456 e. The summed E-state index contributed by atoms with van der Waals surface area (Å²) < 4.78 is 9.44. The Morgan fingerprint density at radius 2 is 1.09 bits per heavy atom. The molecule has 0 bridgehead atoms. The van der Waals surface area contributed by atoms with Crippen molar-refractivity contribution in [3.63, 3.8) is 0 Å². The Hall–Kier alpha value is -5.59. The number of hydrogen-bond acceptors (Lipinski definition) is 4. The molecular weight excluding hydrogens is 620 g/mol. The van der Waals surface area contributed by atoms with Gasteiger partial charge in [0.05, 0.1) is 11.0 Å². The molecule has 0 N–H and O–H groups in total. The summed E-state index contributed by atoms with van der Waals surface area (Å²) >= 11 is 3.81. The summed E-state index contributed by atoms with van der Waals surface area (Å²) in [5.41, 5.74) is 7.63. The van der Waals surface area contributed by atoms with Gasteiger partial charge in [-0.05, 0) is 42.5 Å². The highest BCUT2D eigenvalue weighted by Crippen LogP contribution is 2.38. The second kappa shape index (κ2) is 10.3. The van der Waals surface area contributed by atoms with E-state index in [1.165, 1.54) is 10.8 Å². The van der Waals surface area contributed by atoms with Gasteiger partial charge in [0.1, 0.15) is 11.2 Å². The molecule has 0 atom stereocenters. The van der Waals surface area contributed by atoms with Crippen molar-refractivity contribution in [2.75, 3.05) is 0 Å². The van der Waals surface area contributed by atoms with Crippen molar-refractivity contribution in [1.29, 1.82) is 0 Å². The fourth-order valence-corrected chi connectivity index (χ4v) is 6.82. The van der Waals surface area contributed by atoms with Crippen LogP contribution in [-0.2, 0) is 0 Å². The van der Waals surface area contributed by atoms with Crippen molar-refractivity contribution < 1.29 is 4.42 Å². The van der Waals surface area contributed by atoms with Crippen molar-refractivity contribution >= 4 is 59.7 Å². The Morgan fingerprint density at radius 1 is 0.489 bits per heavy atom. The lowest BCUT2D eigenvalue weighted by Crippen LogP contribution is -2.01. The van der Waals surface area contributed by atoms with Crippen LogP contribution in [-0.4, -0.2) is 19.5 Å². The number of hydrogen-bond donors (Lipinski definition) is 0. The number of rotatable bonds is 4. The van der Waals surface area contributed by atoms with Gasteiger partial charge in [-0.3, -0.25) is 0 Å². The fourth-order valence-electron chi connectivity index (χ4n) is 6.34. The molecule has 0 saturated heterocycles. The van der Waals surface area contributed by atoms with Crippen LogP contribution in [0.5, 0.6) is 0 Å². The maximum Gasteiger partial charge on any atom is 0.164 e. The topological polar surface area (TPSA) is 56.7 Å². The molecule has 0 fully saturated rings. The molecule has 45 heavy (non-hydrogen) atoms. The van der Waals surface area contributed by atoms with Crippen LogP contribution >= 0.6 is 15.9 Å². The van der Waals surface area contributed by atoms with Gasteiger partial charge in [-0.15, -0.1) is 0 Å². The van der Waals surface area contributed by atoms with E-state index in [0.29, 0.717) is 17.5 Å². The smallest absolute Gasteiger partial charge is 0.164 e. The van der Waals surface area contributed by atoms with Gasteiger partial charge in [-0.25, -0.2) is 15.0 Å². The van der Waals surface area contributed by atoms with E-state index in [-0.39, 0.29) is 0 Å². The lowest BCUT2D eigenvalue weighted by molar-refractivity contribution is 0.669. The van der Waals surface area contributed by atoms with Crippen LogP contribution in [0.2, 0.25) is 0 Å². The minimum atomic E-state index is 0.590. The Morgan fingerprint density at radius 3 is 1.84 bits per heavy atom. The molecule has 0 radical (unpaired) electrons. The van der Waals surface area contributed by atoms with E-state index in [0.717, 1.165) is 59.8 Å². The van der Waals surface area contributed by atoms with Gasteiger partial charge < -0.3 is 8.98 Å². The molecule has 0 spiro atoms. The minimum absolute atomic E-state index is 0.590. The molecule has 9 rings (SSSR count). The van der Waals surface area contributed by atoms with Crippen molar-refractivity contribution in [2.45, 2.75) is 0 Å². The standard InChI is InChI=1S/C39H23BrN4O/c40-26-21-25(22-27(23-26)44-32-17-7-4-13-28(32)29-14-5-8-18-33(29)44)38-41-37(24-11-2-1-3-12-24)42-39(43-38)31-16-10-20-35-36(31)30-15-6-9-19-34(30)45-35/h1-23H. The quantitative estimate of drug-likeness (QED) is 0.192. The maximum atomic E-state index is 6.21. The van der Waals surface area contributed by atoms with Crippen LogP contribution in [0, 0.1) is 0 Å². The number of para-hydroxylation sites is 3. The Labute approximate surface area is 266 Å². The van der Waals surface area contributed by atoms with E-state index in [4.69, 9.17) is 19.4 Å². The summed E-state index contributed by atoms with van der Waals surface area (Å²) in [7, 11) is 0. The number of furan rings is 1.